The minimum atomic E-state index is -1.44. The summed E-state index contributed by atoms with van der Waals surface area (Å²) in [4.78, 5) is 186. The topological polar surface area (TPSA) is 297 Å². The Morgan fingerprint density at radius 2 is 1.18 bits per heavy atom. The fourth-order valence-corrected chi connectivity index (χ4v) is 12.1. The minimum absolute atomic E-state index is 0.000332. The summed E-state index contributed by atoms with van der Waals surface area (Å²) >= 11 is 2.13. The van der Waals surface area contributed by atoms with Crippen molar-refractivity contribution in [1.29, 1.82) is 0 Å². The van der Waals surface area contributed by atoms with Gasteiger partial charge in [0.25, 0.3) is 0 Å². The van der Waals surface area contributed by atoms with Gasteiger partial charge in [-0.15, -0.1) is 0 Å². The Balaban J connectivity index is 1.89. The van der Waals surface area contributed by atoms with Gasteiger partial charge in [0.05, 0.1) is 32.7 Å². The Bertz CT molecular complexity index is 2970. The zero-order valence-electron chi connectivity index (χ0n) is 58.5. The maximum Gasteiger partial charge on any atom is 0.245 e. The number of nitrogens with one attached hydrogen (secondary N) is 4. The summed E-state index contributed by atoms with van der Waals surface area (Å²) < 4.78 is 11.8. The fraction of sp³-hybridized carbons (Fsp3) is 0.647. The molecule has 4 N–H and O–H groups in total. The molecule has 95 heavy (non-hydrogen) atoms. The number of aryl methyl sites for hydroxylation is 1. The number of hydrogen-bond donors (Lipinski definition) is 4. The molecule has 1 unspecified atom stereocenters. The van der Waals surface area contributed by atoms with Crippen molar-refractivity contribution in [1.82, 2.24) is 60.5 Å². The molecule has 2 saturated heterocycles. The number of carbonyl (C=O) groups excluding carboxylic acids is 12. The maximum atomic E-state index is 15.1. The Morgan fingerprint density at radius 1 is 0.579 bits per heavy atom. The number of benzene rings is 2. The molecule has 0 bridgehead atoms. The van der Waals surface area contributed by atoms with Gasteiger partial charge in [0.15, 0.2) is 0 Å². The quantitative estimate of drug-likeness (QED) is 0.166. The van der Waals surface area contributed by atoms with Crippen LogP contribution in [0.5, 0.6) is 0 Å². The second kappa shape index (κ2) is 39.1. The van der Waals surface area contributed by atoms with Crippen LogP contribution in [0.3, 0.4) is 0 Å². The normalized spacial score (nSPS) is 24.0. The number of likely N-dealkylation sites (tertiary alicyclic amines) is 1. The van der Waals surface area contributed by atoms with Crippen molar-refractivity contribution in [3.05, 3.63) is 68.8 Å². The second-order valence-electron chi connectivity index (χ2n) is 25.8. The summed E-state index contributed by atoms with van der Waals surface area (Å²) in [5, 5.41) is 11.3. The third kappa shape index (κ3) is 23.8. The average Bonchev–Trinajstić information content (AvgIpc) is 0.837. The van der Waals surface area contributed by atoms with Crippen LogP contribution < -0.4 is 21.3 Å². The van der Waals surface area contributed by atoms with Gasteiger partial charge < -0.3 is 69.9 Å². The van der Waals surface area contributed by atoms with Crippen molar-refractivity contribution in [2.45, 2.75) is 167 Å². The van der Waals surface area contributed by atoms with Gasteiger partial charge in [0.1, 0.15) is 48.3 Å². The highest BCUT2D eigenvalue weighted by molar-refractivity contribution is 14.1. The van der Waals surface area contributed by atoms with E-state index in [0.29, 0.717) is 56.3 Å². The number of amides is 12. The Hall–Kier alpha value is -7.27. The van der Waals surface area contributed by atoms with E-state index in [9.17, 15) is 52.7 Å². The molecule has 2 aromatic carbocycles. The minimum Gasteiger partial charge on any atom is -0.385 e. The molecule has 9 atom stereocenters. The van der Waals surface area contributed by atoms with E-state index in [1.54, 1.807) is 24.0 Å². The van der Waals surface area contributed by atoms with Crippen molar-refractivity contribution in [2.24, 2.45) is 11.8 Å². The van der Waals surface area contributed by atoms with Gasteiger partial charge >= 0.3 is 0 Å². The van der Waals surface area contributed by atoms with E-state index in [2.05, 4.69) is 43.9 Å². The van der Waals surface area contributed by atoms with E-state index in [0.717, 1.165) is 45.0 Å². The molecule has 2 heterocycles. The molecule has 2 aliphatic heterocycles. The number of carbonyl (C=O) groups is 12. The van der Waals surface area contributed by atoms with Crippen molar-refractivity contribution in [3.8, 4) is 0 Å². The SMILES string of the molecule is CCCC[C@@H]1NC(=O)[C@H](Cc2cccc(I)c2)NC(=O)CN(C)C(=O)[C@H](Cc2ccc(C)cc2)N(C)C(=O)CN(C)C(=O)CN(C)C(=O)C([C@@H](C)CC)NC(=O)[C@H](CCOC)N(C)C(=O)C[C@@H](C(=O)N2CCCCC2)N(C)C(=O)[C@H](CC(C)C)NC(=O)[C@H](COC)N(C)C1=O. The summed E-state index contributed by atoms with van der Waals surface area (Å²) in [6.45, 7) is 9.73. The van der Waals surface area contributed by atoms with Gasteiger partial charge in [-0.05, 0) is 96.7 Å². The summed E-state index contributed by atoms with van der Waals surface area (Å²) in [5.74, 6) is -9.01. The molecule has 0 saturated carbocycles. The molecule has 2 fully saturated rings. The number of unbranched alkanes of at least 4 members (excludes halogenated alkanes) is 1. The van der Waals surface area contributed by atoms with Crippen LogP contribution in [0.1, 0.15) is 116 Å². The molecule has 27 heteroatoms. The number of methoxy groups -OCH3 is 2. The Morgan fingerprint density at radius 3 is 1.78 bits per heavy atom. The Kier molecular flexibility index (Phi) is 33.0. The molecular formula is C68H105IN12O14. The first kappa shape index (κ1) is 80.2. The highest BCUT2D eigenvalue weighted by Crippen LogP contribution is 2.22. The van der Waals surface area contributed by atoms with E-state index in [1.807, 2.05) is 71.0 Å². The van der Waals surface area contributed by atoms with Crippen LogP contribution >= 0.6 is 22.6 Å². The molecular weight excluding hydrogens is 1340 g/mol. The van der Waals surface area contributed by atoms with Gasteiger partial charge in [0, 0.05) is 106 Å². The van der Waals surface area contributed by atoms with Crippen LogP contribution in [0.25, 0.3) is 0 Å². The highest BCUT2D eigenvalue weighted by atomic mass is 127. The average molecular weight is 1440 g/mol. The molecule has 2 aromatic rings. The molecule has 12 amide bonds. The van der Waals surface area contributed by atoms with E-state index < -0.39 is 151 Å². The van der Waals surface area contributed by atoms with E-state index in [4.69, 9.17) is 9.47 Å². The molecule has 528 valence electrons. The fourth-order valence-electron chi connectivity index (χ4n) is 11.5. The van der Waals surface area contributed by atoms with Crippen molar-refractivity contribution >= 4 is 93.5 Å². The zero-order valence-corrected chi connectivity index (χ0v) is 60.7. The third-order valence-corrected chi connectivity index (χ3v) is 18.5. The first-order valence-corrected chi connectivity index (χ1v) is 34.0. The van der Waals surface area contributed by atoms with Crippen LogP contribution in [-0.2, 0) is 79.8 Å². The monoisotopic (exact) mass is 1440 g/mol. The second-order valence-corrected chi connectivity index (χ2v) is 27.1. The lowest BCUT2D eigenvalue weighted by molar-refractivity contribution is -0.151. The van der Waals surface area contributed by atoms with E-state index >= 15 is 4.79 Å². The number of likely N-dealkylation sites (N-methyl/N-ethyl adjacent to an activating group) is 7. The number of ether oxygens (including phenoxy) is 2. The number of hydrogen-bond acceptors (Lipinski definition) is 14. The molecule has 4 rings (SSSR count). The summed E-state index contributed by atoms with van der Waals surface area (Å²) in [7, 11) is 12.4. The molecule has 26 nitrogen and oxygen atoms in total. The third-order valence-electron chi connectivity index (χ3n) is 17.9. The summed E-state index contributed by atoms with van der Waals surface area (Å²) in [6.07, 6.45) is 3.13. The van der Waals surface area contributed by atoms with Gasteiger partial charge in [-0.2, -0.15) is 0 Å². The lowest BCUT2D eigenvalue weighted by atomic mass is 9.97. The van der Waals surface area contributed by atoms with Gasteiger partial charge in [-0.3, -0.25) is 57.5 Å². The highest BCUT2D eigenvalue weighted by Gasteiger charge is 2.42. The number of nitrogens with zero attached hydrogens (tertiary/aromatic N) is 8. The van der Waals surface area contributed by atoms with Crippen LogP contribution in [-0.4, -0.2) is 268 Å². The predicted molar refractivity (Wildman–Crippen MR) is 366 cm³/mol. The summed E-state index contributed by atoms with van der Waals surface area (Å²) in [6, 6.07) is 4.15. The van der Waals surface area contributed by atoms with Gasteiger partial charge in [0.2, 0.25) is 70.9 Å². The number of halogens is 1. The standard InChI is InChI=1S/C68H105IN12O14/c1-16-18-25-49-64(89)80(13)55(42-95-15)63(88)72-51(34-43(3)4)65(90)79(12)54(67(92)81-31-20-19-21-32-81)38-57(83)77(10)52(30-33-94-14)62(87)73-60(45(6)17-2)68(93)76(9)40-58(84)74(7)41-59(85)78(11)53(37-46-28-26-44(5)27-29-46)66(91)75(8)39-56(82)70-50(61(86)71-49)36-47-23-22-24-48(69)35-47/h22-24,26-29,35,43,45,49-55,60H,16-21,25,30-34,36-42H2,1-15H3,(H,70,82)(H,71,86)(H,72,88)(H,73,87)/t45-,49-,50-,51-,52-,53-,54-,55-,60?/m0/s1. The predicted octanol–water partition coefficient (Wildman–Crippen LogP) is 2.39. The maximum absolute atomic E-state index is 15.1. The lowest BCUT2D eigenvalue weighted by Crippen LogP contribution is -2.61. The number of rotatable bonds is 17. The number of piperidine rings is 1. The molecule has 0 radical (unpaired) electrons. The van der Waals surface area contributed by atoms with Crippen molar-refractivity contribution in [3.63, 3.8) is 0 Å². The van der Waals surface area contributed by atoms with Crippen molar-refractivity contribution < 1.29 is 67.0 Å². The first-order valence-electron chi connectivity index (χ1n) is 32.9. The lowest BCUT2D eigenvalue weighted by Gasteiger charge is -2.38. The molecule has 0 aliphatic carbocycles. The molecule has 0 aromatic heterocycles. The molecule has 0 spiro atoms. The zero-order chi connectivity index (χ0) is 71.0. The van der Waals surface area contributed by atoms with E-state index in [-0.39, 0.29) is 51.2 Å². The van der Waals surface area contributed by atoms with Crippen LogP contribution in [0.15, 0.2) is 48.5 Å². The van der Waals surface area contributed by atoms with Crippen LogP contribution in [0, 0.1) is 22.3 Å². The Labute approximate surface area is 575 Å². The smallest absolute Gasteiger partial charge is 0.245 e. The van der Waals surface area contributed by atoms with E-state index in [1.165, 1.54) is 68.5 Å². The largest absolute Gasteiger partial charge is 0.385 e. The van der Waals surface area contributed by atoms with Crippen LogP contribution in [0.4, 0.5) is 0 Å². The van der Waals surface area contributed by atoms with Gasteiger partial charge in [-0.1, -0.05) is 95.8 Å². The van der Waals surface area contributed by atoms with Gasteiger partial charge in [-0.25, -0.2) is 0 Å². The van der Waals surface area contributed by atoms with Crippen LogP contribution in [0.2, 0.25) is 0 Å². The first-order chi connectivity index (χ1) is 44.9. The van der Waals surface area contributed by atoms with Crippen molar-refractivity contribution in [2.75, 3.05) is 109 Å². The molecule has 2 aliphatic rings. The summed E-state index contributed by atoms with van der Waals surface area (Å²) in [5.41, 5.74) is 2.29.